The predicted octanol–water partition coefficient (Wildman–Crippen LogP) is 3.17. The van der Waals surface area contributed by atoms with Crippen molar-refractivity contribution in [3.8, 4) is 6.07 Å². The molecule has 1 aromatic rings. The van der Waals surface area contributed by atoms with Gasteiger partial charge in [0.15, 0.2) is 0 Å². The molecule has 0 radical (unpaired) electrons. The van der Waals surface area contributed by atoms with Crippen LogP contribution in [0.1, 0.15) is 35.3 Å². The Hall–Kier alpha value is -1.34. The number of benzene rings is 1. The van der Waals surface area contributed by atoms with E-state index in [1.807, 2.05) is 19.9 Å². The second-order valence-corrected chi connectivity index (χ2v) is 4.84. The number of nitriles is 1. The number of nitrogens with zero attached hydrogens (tertiary/aromatic N) is 1. The number of carbonyl (C=O) groups excluding carboxylic acids is 1. The molecular formula is C13H14BrNO2. The van der Waals surface area contributed by atoms with Gasteiger partial charge in [0.2, 0.25) is 0 Å². The summed E-state index contributed by atoms with van der Waals surface area (Å²) in [6.07, 6.45) is 0. The van der Waals surface area contributed by atoms with E-state index in [9.17, 15) is 4.79 Å². The Kier molecular flexibility index (Phi) is 4.30. The van der Waals surface area contributed by atoms with Gasteiger partial charge < -0.3 is 4.74 Å². The molecular weight excluding hydrogens is 282 g/mol. The van der Waals surface area contributed by atoms with E-state index in [2.05, 4.69) is 22.0 Å². The lowest BCUT2D eigenvalue weighted by Crippen LogP contribution is -2.15. The van der Waals surface area contributed by atoms with E-state index in [-0.39, 0.29) is 5.97 Å². The summed E-state index contributed by atoms with van der Waals surface area (Å²) in [6.45, 7) is 3.64. The van der Waals surface area contributed by atoms with Crippen LogP contribution in [0.15, 0.2) is 18.2 Å². The van der Waals surface area contributed by atoms with Crippen molar-refractivity contribution in [2.24, 2.45) is 0 Å². The zero-order valence-electron chi connectivity index (χ0n) is 10.1. The molecule has 0 spiro atoms. The van der Waals surface area contributed by atoms with Crippen LogP contribution >= 0.6 is 15.9 Å². The third-order valence-corrected chi connectivity index (χ3v) is 3.22. The van der Waals surface area contributed by atoms with Crippen molar-refractivity contribution >= 4 is 21.9 Å². The average Bonchev–Trinajstić information content (AvgIpc) is 2.37. The lowest BCUT2D eigenvalue weighted by atomic mass is 9.84. The van der Waals surface area contributed by atoms with Gasteiger partial charge in [-0.15, -0.1) is 0 Å². The van der Waals surface area contributed by atoms with Gasteiger partial charge in [0, 0.05) is 5.33 Å². The van der Waals surface area contributed by atoms with Crippen LogP contribution < -0.4 is 0 Å². The number of methoxy groups -OCH3 is 1. The molecule has 0 aliphatic rings. The van der Waals surface area contributed by atoms with Gasteiger partial charge in [0.05, 0.1) is 24.2 Å². The molecule has 0 atom stereocenters. The van der Waals surface area contributed by atoms with Gasteiger partial charge in [-0.2, -0.15) is 5.26 Å². The van der Waals surface area contributed by atoms with Crippen LogP contribution in [0.25, 0.3) is 0 Å². The first kappa shape index (κ1) is 13.7. The first-order valence-corrected chi connectivity index (χ1v) is 6.26. The van der Waals surface area contributed by atoms with Crippen molar-refractivity contribution < 1.29 is 9.53 Å². The van der Waals surface area contributed by atoms with Crippen molar-refractivity contribution in [2.45, 2.75) is 24.6 Å². The molecule has 0 aromatic heterocycles. The molecule has 0 amide bonds. The number of rotatable bonds is 3. The lowest BCUT2D eigenvalue weighted by molar-refractivity contribution is 0.0600. The van der Waals surface area contributed by atoms with Gasteiger partial charge in [-0.05, 0) is 37.1 Å². The Labute approximate surface area is 110 Å². The molecule has 90 valence electrons. The van der Waals surface area contributed by atoms with Gasteiger partial charge >= 0.3 is 5.97 Å². The second-order valence-electron chi connectivity index (χ2n) is 4.28. The summed E-state index contributed by atoms with van der Waals surface area (Å²) in [7, 11) is 1.35. The Balaban J connectivity index is 3.34. The van der Waals surface area contributed by atoms with Gasteiger partial charge in [-0.3, -0.25) is 0 Å². The fourth-order valence-corrected chi connectivity index (χ4v) is 1.75. The van der Waals surface area contributed by atoms with Crippen molar-refractivity contribution in [1.82, 2.24) is 0 Å². The van der Waals surface area contributed by atoms with Gasteiger partial charge in [0.1, 0.15) is 0 Å². The maximum atomic E-state index is 11.5. The molecule has 17 heavy (non-hydrogen) atoms. The molecule has 0 aliphatic heterocycles. The Bertz CT molecular complexity index is 475. The van der Waals surface area contributed by atoms with Crippen molar-refractivity contribution in [3.05, 3.63) is 34.9 Å². The summed E-state index contributed by atoms with van der Waals surface area (Å²) < 4.78 is 4.70. The zero-order chi connectivity index (χ0) is 13.1. The molecule has 0 heterocycles. The number of hydrogen-bond acceptors (Lipinski definition) is 3. The standard InChI is InChI=1S/C13H14BrNO2/c1-13(2,8-15)11-5-9(7-14)4-10(6-11)12(16)17-3/h4-6H,7H2,1-3H3. The highest BCUT2D eigenvalue weighted by Crippen LogP contribution is 2.25. The molecule has 0 unspecified atom stereocenters. The van der Waals surface area contributed by atoms with Crippen molar-refractivity contribution in [2.75, 3.05) is 7.11 Å². The van der Waals surface area contributed by atoms with Crippen LogP contribution in [-0.4, -0.2) is 13.1 Å². The predicted molar refractivity (Wildman–Crippen MR) is 69.1 cm³/mol. The minimum atomic E-state index is -0.624. The lowest BCUT2D eigenvalue weighted by Gasteiger charge is -2.17. The highest BCUT2D eigenvalue weighted by atomic mass is 79.9. The summed E-state index contributed by atoms with van der Waals surface area (Å²) in [5.74, 6) is -0.386. The molecule has 3 nitrogen and oxygen atoms in total. The SMILES string of the molecule is COC(=O)c1cc(CBr)cc(C(C)(C)C#N)c1. The Morgan fingerprint density at radius 3 is 2.59 bits per heavy atom. The van der Waals surface area contributed by atoms with Crippen molar-refractivity contribution in [3.63, 3.8) is 0 Å². The first-order valence-electron chi connectivity index (χ1n) is 5.14. The monoisotopic (exact) mass is 295 g/mol. The minimum absolute atomic E-state index is 0.386. The number of ether oxygens (including phenoxy) is 1. The zero-order valence-corrected chi connectivity index (χ0v) is 11.7. The third-order valence-electron chi connectivity index (χ3n) is 2.57. The van der Waals surface area contributed by atoms with E-state index in [1.165, 1.54) is 7.11 Å². The molecule has 0 fully saturated rings. The summed E-state index contributed by atoms with van der Waals surface area (Å²) in [5, 5.41) is 9.75. The van der Waals surface area contributed by atoms with Gasteiger partial charge in [0.25, 0.3) is 0 Å². The molecule has 0 saturated carbocycles. The fourth-order valence-electron chi connectivity index (χ4n) is 1.43. The minimum Gasteiger partial charge on any atom is -0.465 e. The molecule has 1 aromatic carbocycles. The molecule has 0 N–H and O–H groups in total. The topological polar surface area (TPSA) is 50.1 Å². The quantitative estimate of drug-likeness (QED) is 0.636. The van der Waals surface area contributed by atoms with Gasteiger partial charge in [-0.1, -0.05) is 22.0 Å². The fraction of sp³-hybridized carbons (Fsp3) is 0.385. The number of hydrogen-bond donors (Lipinski definition) is 0. The van der Waals surface area contributed by atoms with E-state index >= 15 is 0 Å². The Morgan fingerprint density at radius 1 is 1.47 bits per heavy atom. The van der Waals surface area contributed by atoms with E-state index in [1.54, 1.807) is 12.1 Å². The first-order chi connectivity index (χ1) is 7.94. The van der Waals surface area contributed by atoms with E-state index in [0.717, 1.165) is 11.1 Å². The van der Waals surface area contributed by atoms with Crippen LogP contribution in [0.2, 0.25) is 0 Å². The maximum Gasteiger partial charge on any atom is 0.337 e. The van der Waals surface area contributed by atoms with E-state index < -0.39 is 5.41 Å². The van der Waals surface area contributed by atoms with Gasteiger partial charge in [-0.25, -0.2) is 4.79 Å². The molecule has 0 aliphatic carbocycles. The second kappa shape index (κ2) is 5.33. The normalized spacial score (nSPS) is 10.8. The summed E-state index contributed by atoms with van der Waals surface area (Å²) in [4.78, 5) is 11.5. The van der Waals surface area contributed by atoms with Crippen LogP contribution in [-0.2, 0) is 15.5 Å². The number of alkyl halides is 1. The smallest absolute Gasteiger partial charge is 0.337 e. The molecule has 0 saturated heterocycles. The highest BCUT2D eigenvalue weighted by molar-refractivity contribution is 9.08. The van der Waals surface area contributed by atoms with Crippen LogP contribution in [0, 0.1) is 11.3 Å². The number of halogens is 1. The summed E-state index contributed by atoms with van der Waals surface area (Å²) in [5.41, 5.74) is 1.62. The molecule has 4 heteroatoms. The maximum absolute atomic E-state index is 11.5. The van der Waals surface area contributed by atoms with Crippen LogP contribution in [0.5, 0.6) is 0 Å². The Morgan fingerprint density at radius 2 is 2.12 bits per heavy atom. The third kappa shape index (κ3) is 3.07. The van der Waals surface area contributed by atoms with Crippen LogP contribution in [0.3, 0.4) is 0 Å². The van der Waals surface area contributed by atoms with E-state index in [4.69, 9.17) is 10.00 Å². The van der Waals surface area contributed by atoms with Crippen LogP contribution in [0.4, 0.5) is 0 Å². The molecule has 1 rings (SSSR count). The number of esters is 1. The van der Waals surface area contributed by atoms with Crippen molar-refractivity contribution in [1.29, 1.82) is 5.26 Å². The largest absolute Gasteiger partial charge is 0.465 e. The summed E-state index contributed by atoms with van der Waals surface area (Å²) >= 11 is 3.35. The highest BCUT2D eigenvalue weighted by Gasteiger charge is 2.22. The molecule has 0 bridgehead atoms. The average molecular weight is 296 g/mol. The number of carbonyl (C=O) groups is 1. The summed E-state index contributed by atoms with van der Waals surface area (Å²) in [6, 6.07) is 7.62. The van der Waals surface area contributed by atoms with E-state index in [0.29, 0.717) is 10.9 Å².